The van der Waals surface area contributed by atoms with Crippen LogP contribution in [0.4, 0.5) is 37.9 Å². The highest BCUT2D eigenvalue weighted by Gasteiger charge is 2.41. The van der Waals surface area contributed by atoms with Gasteiger partial charge in [-0.15, -0.1) is 5.10 Å². The van der Waals surface area contributed by atoms with Crippen LogP contribution in [0.3, 0.4) is 0 Å². The fourth-order valence-electron chi connectivity index (χ4n) is 15.6. The van der Waals surface area contributed by atoms with E-state index in [2.05, 4.69) is 93.0 Å². The molecule has 0 saturated carbocycles. The van der Waals surface area contributed by atoms with E-state index in [1.807, 2.05) is 74.3 Å². The molecule has 4 fully saturated rings. The first-order chi connectivity index (χ1) is 59.2. The van der Waals surface area contributed by atoms with Crippen LogP contribution in [0.15, 0.2) is 184 Å². The first kappa shape index (κ1) is 92.3. The van der Waals surface area contributed by atoms with E-state index >= 15 is 0 Å². The first-order valence-corrected chi connectivity index (χ1v) is 46.4. The third-order valence-electron chi connectivity index (χ3n) is 21.5. The Balaban J connectivity index is 0.000000171. The van der Waals surface area contributed by atoms with Gasteiger partial charge in [0, 0.05) is 98.0 Å². The molecule has 664 valence electrons. The third-order valence-corrected chi connectivity index (χ3v) is 25.4. The van der Waals surface area contributed by atoms with Crippen molar-refractivity contribution in [2.45, 2.75) is 180 Å². The normalized spacial score (nSPS) is 17.3. The number of ether oxygens (including phenoxy) is 3. The Labute approximate surface area is 729 Å². The van der Waals surface area contributed by atoms with Crippen LogP contribution >= 0.6 is 0 Å². The summed E-state index contributed by atoms with van der Waals surface area (Å²) in [6.07, 6.45) is 10.7. The average molecular weight is 1770 g/mol. The Bertz CT molecular complexity index is 5980. The molecule has 29 nitrogen and oxygen atoms in total. The molecule has 0 radical (unpaired) electrons. The minimum Gasteiger partial charge on any atom is -0.493 e. The Morgan fingerprint density at radius 1 is 0.584 bits per heavy atom. The number of H-pyrrole nitrogens is 1. The van der Waals surface area contributed by atoms with Gasteiger partial charge in [0.05, 0.1) is 47.9 Å². The smallest absolute Gasteiger partial charge is 0.281 e. The number of hydrogen-bond acceptors (Lipinski definition) is 24. The molecule has 3 aromatic carbocycles. The number of nitrogens with zero attached hydrogens (tertiary/aromatic N) is 11. The fraction of sp³-hybridized carbons (Fsp3) is 0.407. The molecule has 7 aromatic heterocycles. The van der Waals surface area contributed by atoms with Gasteiger partial charge >= 0.3 is 0 Å². The number of nitrogens with one attached hydrogen (secondary N) is 4. The number of pyridine rings is 6. The second-order valence-electron chi connectivity index (χ2n) is 34.9. The molecule has 0 unspecified atom stereocenters. The lowest BCUT2D eigenvalue weighted by molar-refractivity contribution is 0.0972. The van der Waals surface area contributed by atoms with Crippen molar-refractivity contribution in [1.82, 2.24) is 53.9 Å². The zero-order valence-electron chi connectivity index (χ0n) is 72.7. The molecule has 0 spiro atoms. The molecule has 6 N–H and O–H groups in total. The zero-order valence-corrected chi connectivity index (χ0v) is 75.1. The van der Waals surface area contributed by atoms with Crippen molar-refractivity contribution in [3.05, 3.63) is 214 Å². The molecule has 125 heavy (non-hydrogen) atoms. The molecular formula is C91H110F2N16O13S3. The number of anilines is 5. The van der Waals surface area contributed by atoms with Crippen molar-refractivity contribution in [3.63, 3.8) is 0 Å². The summed E-state index contributed by atoms with van der Waals surface area (Å²) in [7, 11) is -13.0. The molecule has 3 amide bonds. The van der Waals surface area contributed by atoms with Crippen molar-refractivity contribution in [1.29, 1.82) is 0 Å². The lowest BCUT2D eigenvalue weighted by Crippen LogP contribution is -2.41. The van der Waals surface area contributed by atoms with Crippen molar-refractivity contribution < 1.29 is 62.6 Å². The van der Waals surface area contributed by atoms with E-state index in [1.165, 1.54) is 66.9 Å². The second-order valence-corrected chi connectivity index (χ2v) is 39.8. The number of amides is 3. The molecular weight excluding hydrogens is 1660 g/mol. The Morgan fingerprint density at radius 2 is 1.18 bits per heavy atom. The van der Waals surface area contributed by atoms with Crippen LogP contribution in [0, 0.1) is 41.7 Å². The SMILES string of the molecule is CC(C)COc1cc(F)cc(-c2ccc(C(=O)NS(=O)(=O)c3ccc[nH]c3=O)c(N3CCC[C@@H](c4ccccc4)C3)n2)c1.C[C@@H]1CN(c2nc(-n3ccc(OCC(C)(C)C)n3)ccc2C(=O)NS(=O)(=O)c2cccc(N3CCCCC3)n2)C(C)(C)C1.Cc1cc(C(=O)NS(=O)(=O)c2cccc(N)n2)c(N2[C@H](C)CC[C@@H]2C)nc1-c1cc(F)cc(OCC(C)C)c1. The average Bonchev–Trinajstić information content (AvgIpc) is 1.66. The summed E-state index contributed by atoms with van der Waals surface area (Å²) in [6, 6.07) is 40.0. The third kappa shape index (κ3) is 23.4. The second kappa shape index (κ2) is 39.1. The number of sulfonamides is 3. The van der Waals surface area contributed by atoms with E-state index in [1.54, 1.807) is 72.4 Å². The number of aryl methyl sites for hydroxylation is 1. The topological polar surface area (TPSA) is 372 Å². The number of hydrogen-bond donors (Lipinski definition) is 5. The van der Waals surface area contributed by atoms with Gasteiger partial charge in [-0.25, -0.2) is 61.0 Å². The summed E-state index contributed by atoms with van der Waals surface area (Å²) in [6.45, 7) is 31.2. The van der Waals surface area contributed by atoms with Crippen LogP contribution in [-0.4, -0.2) is 153 Å². The monoisotopic (exact) mass is 1770 g/mol. The number of carbonyl (C=O) groups excluding carboxylic acids is 3. The van der Waals surface area contributed by atoms with Crippen molar-refractivity contribution in [3.8, 4) is 45.7 Å². The number of piperidine rings is 2. The van der Waals surface area contributed by atoms with Gasteiger partial charge in [-0.1, -0.05) is 97.9 Å². The number of benzene rings is 3. The molecule has 0 aliphatic carbocycles. The maximum Gasteiger partial charge on any atom is 0.281 e. The van der Waals surface area contributed by atoms with E-state index in [0.717, 1.165) is 76.1 Å². The van der Waals surface area contributed by atoms with Crippen LogP contribution in [0.25, 0.3) is 28.3 Å². The standard InChI is InChI=1S/C32H33FN4O5S.C31H43N7O4S.C28H34FN5O4S/c1-21(2)20-42-26-17-24(16-25(33)18-26)28-13-12-27(31(38)36-43(40,41)29-11-6-14-34-32(29)39)30(35-28)37-15-7-10-23(19-37)22-8-4-3-5-9-22;1-22-19-31(5,6)37(20-22)28-23(13-14-25(33-28)38-18-15-26(34-38)42-21-30(2,3)4)29(39)35-43(40,41)27-12-10-11-24(32-27)36-16-8-7-9-17-36;1-16(2)15-38-22-13-20(12-21(29)14-22)26-17(3)11-23(27(32-26)34-18(4)9-10-19(34)5)28(35)33-39(36,37)25-8-6-7-24(30)31-25/h3-6,8-9,11-14,16-18,21,23H,7,10,15,19-20H2,1-2H3,(H,34,39)(H,36,38);10-15,18,22H,7-9,16-17,19-21H2,1-6H3,(H,35,39);6-8,11-14,16,18-19H,9-10,15H2,1-5H3,(H2,30,31)(H,33,35)/t23-;22-;18-,19+/m10./s1. The van der Waals surface area contributed by atoms with Crippen molar-refractivity contribution in [2.75, 3.05) is 77.9 Å². The predicted molar refractivity (Wildman–Crippen MR) is 477 cm³/mol. The maximum atomic E-state index is 14.6. The molecule has 14 rings (SSSR count). The maximum absolute atomic E-state index is 14.6. The van der Waals surface area contributed by atoms with E-state index in [-0.39, 0.29) is 79.2 Å². The molecule has 4 aliphatic rings. The molecule has 4 saturated heterocycles. The van der Waals surface area contributed by atoms with E-state index in [0.29, 0.717) is 114 Å². The van der Waals surface area contributed by atoms with Gasteiger partial charge < -0.3 is 44.5 Å². The van der Waals surface area contributed by atoms with Crippen LogP contribution in [-0.2, 0) is 30.1 Å². The fourth-order valence-corrected chi connectivity index (χ4v) is 18.5. The van der Waals surface area contributed by atoms with Crippen molar-refractivity contribution >= 4 is 76.9 Å². The quantitative estimate of drug-likeness (QED) is 0.0355. The number of carbonyl (C=O) groups is 3. The minimum absolute atomic E-state index is 0.0134. The summed E-state index contributed by atoms with van der Waals surface area (Å²) in [4.78, 5) is 85.4. The summed E-state index contributed by atoms with van der Waals surface area (Å²) in [5.41, 5.74) is 8.29. The summed E-state index contributed by atoms with van der Waals surface area (Å²) in [5, 5.41) is 3.97. The van der Waals surface area contributed by atoms with Crippen molar-refractivity contribution in [2.24, 2.45) is 23.2 Å². The number of nitrogens with two attached hydrogens (primary N) is 1. The van der Waals surface area contributed by atoms with Crippen LogP contribution in [0.5, 0.6) is 17.4 Å². The van der Waals surface area contributed by atoms with Gasteiger partial charge in [0.1, 0.15) is 52.2 Å². The number of halogens is 2. The Morgan fingerprint density at radius 3 is 1.79 bits per heavy atom. The highest BCUT2D eigenvalue weighted by Crippen LogP contribution is 2.41. The van der Waals surface area contributed by atoms with Crippen LogP contribution in [0.1, 0.15) is 183 Å². The zero-order chi connectivity index (χ0) is 90.0. The highest BCUT2D eigenvalue weighted by atomic mass is 32.2. The van der Waals surface area contributed by atoms with Gasteiger partial charge in [0.15, 0.2) is 20.8 Å². The van der Waals surface area contributed by atoms with E-state index in [9.17, 15) is 53.2 Å². The van der Waals surface area contributed by atoms with E-state index < -0.39 is 69.9 Å². The predicted octanol–water partition coefficient (Wildman–Crippen LogP) is 14.6. The number of rotatable bonds is 25. The van der Waals surface area contributed by atoms with Gasteiger partial charge in [-0.05, 0) is 211 Å². The minimum atomic E-state index is -4.48. The Kier molecular flexibility index (Phi) is 28.9. The Hall–Kier alpha value is -11.9. The number of nitrogen functional groups attached to an aromatic ring is 1. The van der Waals surface area contributed by atoms with Crippen LogP contribution in [0.2, 0.25) is 0 Å². The lowest BCUT2D eigenvalue weighted by atomic mass is 9.90. The molecule has 10 aromatic rings. The molecule has 34 heteroatoms. The van der Waals surface area contributed by atoms with Gasteiger partial charge in [0.25, 0.3) is 53.4 Å². The van der Waals surface area contributed by atoms with E-state index in [4.69, 9.17) is 34.9 Å². The van der Waals surface area contributed by atoms with Gasteiger partial charge in [-0.2, -0.15) is 16.8 Å². The summed E-state index contributed by atoms with van der Waals surface area (Å²) >= 11 is 0. The summed E-state index contributed by atoms with van der Waals surface area (Å²) < 4.78 is 133. The van der Waals surface area contributed by atoms with Crippen LogP contribution < -0.4 is 59.3 Å². The number of aromatic amines is 1. The highest BCUT2D eigenvalue weighted by molar-refractivity contribution is 7.90. The van der Waals surface area contributed by atoms with Gasteiger partial charge in [0.2, 0.25) is 5.88 Å². The molecule has 4 atom stereocenters. The molecule has 4 aliphatic heterocycles. The molecule has 0 bridgehead atoms. The summed E-state index contributed by atoms with van der Waals surface area (Å²) in [5.74, 6) is 0.837. The molecule has 11 heterocycles. The first-order valence-electron chi connectivity index (χ1n) is 42.0. The van der Waals surface area contributed by atoms with Gasteiger partial charge in [-0.3, -0.25) is 19.2 Å². The lowest BCUT2D eigenvalue weighted by Gasteiger charge is -2.35. The largest absolute Gasteiger partial charge is 0.493 e. The number of aromatic nitrogens is 8.